The first-order valence-electron chi connectivity index (χ1n) is 47.1. The van der Waals surface area contributed by atoms with Crippen LogP contribution in [0.4, 0.5) is 98.7 Å². The van der Waals surface area contributed by atoms with Gasteiger partial charge in [0.2, 0.25) is 0 Å². The standard InChI is InChI=1S/4C25H25F3N6S/c4*26-25(27,28)13-19-11-20-22(29-15-30-23(20)35-19)34-10-8-24(14-34)7-5-18(12-24)32-17-3-1-16(2-4-17)21-6-9-31-33-21/h4*1-4,6,9,11,15,18,32H,5,7-8,10,12-14H2,(H,31,33)/t2*18-,24+;2*18-,24-/m1010/s1. The van der Waals surface area contributed by atoms with Gasteiger partial charge in [0.15, 0.2) is 0 Å². The summed E-state index contributed by atoms with van der Waals surface area (Å²) in [7, 11) is 0. The minimum absolute atomic E-state index is 0.204. The molecular formula is C100H100F12N24S4. The molecule has 8 atom stereocenters. The molecule has 0 unspecified atom stereocenters. The molecular weight excluding hydrogens is 1890 g/mol. The predicted octanol–water partition coefficient (Wildman–Crippen LogP) is 24.2. The number of hydrogen-bond donors (Lipinski definition) is 8. The average molecular weight is 1990 g/mol. The topological polar surface area (TPSA) is 279 Å². The third kappa shape index (κ3) is 21.7. The SMILES string of the molecule is FC(F)(F)Cc1cc2c(N3CC[C@@]4(CC[C@@H](Nc5ccc(-c6ccn[nH]6)cc5)C4)C3)ncnc2s1.FC(F)(F)Cc1cc2c(N3CC[C@@]4(CC[C@H](Nc5ccc(-c6ccn[nH]6)cc5)C4)C3)ncnc2s1.FC(F)(F)Cc1cc2c(N3CC[C@]4(CC[C@@H](Nc5ccc(-c6ccn[nH]6)cc5)C4)C3)ncnc2s1.FC(F)(F)Cc1cc2c(N3CC[C@]4(CC[C@H](Nc5ccc(-c6ccn[nH]6)cc5)C4)C3)ncnc2s1. The van der Waals surface area contributed by atoms with E-state index in [1.807, 2.05) is 24.3 Å². The maximum absolute atomic E-state index is 12.9. The number of benzene rings is 4. The second-order valence-electron chi connectivity index (χ2n) is 38.9. The van der Waals surface area contributed by atoms with E-state index in [-0.39, 0.29) is 41.2 Å². The first-order valence-corrected chi connectivity index (χ1v) is 50.4. The number of thiophene rings is 4. The Hall–Kier alpha value is -12.6. The summed E-state index contributed by atoms with van der Waals surface area (Å²) in [6.07, 6.45) is 9.76. The summed E-state index contributed by atoms with van der Waals surface area (Å²) in [5.41, 5.74) is 13.7. The van der Waals surface area contributed by atoms with Crippen molar-refractivity contribution >= 4 is 132 Å². The monoisotopic (exact) mass is 1990 g/mol. The van der Waals surface area contributed by atoms with E-state index in [0.29, 0.717) is 43.5 Å². The third-order valence-corrected chi connectivity index (χ3v) is 33.1. The quantitative estimate of drug-likeness (QED) is 0.0329. The van der Waals surface area contributed by atoms with Gasteiger partial charge < -0.3 is 40.9 Å². The van der Waals surface area contributed by atoms with Crippen LogP contribution >= 0.6 is 45.3 Å². The second-order valence-corrected chi connectivity index (χ2v) is 43.4. The zero-order valence-corrected chi connectivity index (χ0v) is 79.2. The third-order valence-electron chi connectivity index (χ3n) is 29.0. The summed E-state index contributed by atoms with van der Waals surface area (Å²) >= 11 is 4.44. The molecule has 4 aliphatic heterocycles. The van der Waals surface area contributed by atoms with Crippen LogP contribution in [0.25, 0.3) is 85.9 Å². The van der Waals surface area contributed by atoms with Crippen LogP contribution < -0.4 is 40.9 Å². The normalized spacial score (nSPS) is 22.5. The predicted molar refractivity (Wildman–Crippen MR) is 527 cm³/mol. The van der Waals surface area contributed by atoms with Gasteiger partial charge >= 0.3 is 24.7 Å². The van der Waals surface area contributed by atoms with E-state index < -0.39 is 50.4 Å². The largest absolute Gasteiger partial charge is 0.393 e. The molecule has 24 nitrogen and oxygen atoms in total. The van der Waals surface area contributed by atoms with Gasteiger partial charge in [0.05, 0.1) is 70.0 Å². The number of alkyl halides is 12. The molecule has 8 fully saturated rings. The number of H-pyrrole nitrogens is 4. The molecule has 4 saturated heterocycles. The van der Waals surface area contributed by atoms with Gasteiger partial charge in [0.1, 0.15) is 67.9 Å². The number of anilines is 8. The Bertz CT molecular complexity index is 6090. The van der Waals surface area contributed by atoms with Crippen LogP contribution in [-0.2, 0) is 25.7 Å². The lowest BCUT2D eigenvalue weighted by molar-refractivity contribution is -0.127. The molecule has 140 heavy (non-hydrogen) atoms. The number of aromatic amines is 4. The van der Waals surface area contributed by atoms with Crippen LogP contribution in [-0.4, -0.2) is 182 Å². The molecule has 16 aromatic rings. The number of nitrogens with zero attached hydrogens (tertiary/aromatic N) is 16. The highest BCUT2D eigenvalue weighted by molar-refractivity contribution is 7.19. The highest BCUT2D eigenvalue weighted by Crippen LogP contribution is 2.54. The van der Waals surface area contributed by atoms with E-state index in [1.165, 1.54) is 25.3 Å². The summed E-state index contributed by atoms with van der Waals surface area (Å²) in [6, 6.07) is 49.5. The van der Waals surface area contributed by atoms with Crippen molar-refractivity contribution in [2.24, 2.45) is 21.7 Å². The van der Waals surface area contributed by atoms with E-state index >= 15 is 0 Å². The van der Waals surface area contributed by atoms with E-state index in [1.54, 1.807) is 49.1 Å². The number of rotatable bonds is 20. The molecule has 40 heteroatoms. The zero-order chi connectivity index (χ0) is 96.2. The van der Waals surface area contributed by atoms with Crippen molar-refractivity contribution in [2.75, 3.05) is 93.2 Å². The lowest BCUT2D eigenvalue weighted by Gasteiger charge is -2.25. The van der Waals surface area contributed by atoms with Crippen LogP contribution in [0.2, 0.25) is 0 Å². The molecule has 4 saturated carbocycles. The van der Waals surface area contributed by atoms with Crippen LogP contribution in [0.1, 0.15) is 122 Å². The minimum atomic E-state index is -4.22. The zero-order valence-electron chi connectivity index (χ0n) is 75.9. The van der Waals surface area contributed by atoms with Crippen molar-refractivity contribution in [3.63, 3.8) is 0 Å². The number of halogens is 12. The molecule has 4 aliphatic carbocycles. The molecule has 0 amide bonds. The fourth-order valence-electron chi connectivity index (χ4n) is 22.6. The molecule has 728 valence electrons. The van der Waals surface area contributed by atoms with Gasteiger partial charge in [-0.2, -0.15) is 73.1 Å². The average Bonchev–Trinajstić information content (AvgIpc) is 1.63. The molecule has 0 radical (unpaired) electrons. The minimum Gasteiger partial charge on any atom is -0.382 e. The lowest BCUT2D eigenvalue weighted by atomic mass is 9.85. The second kappa shape index (κ2) is 38.5. The summed E-state index contributed by atoms with van der Waals surface area (Å²) in [4.78, 5) is 47.5. The maximum atomic E-state index is 12.9. The Balaban J connectivity index is 0.000000111. The Morgan fingerprint density at radius 2 is 0.500 bits per heavy atom. The van der Waals surface area contributed by atoms with Gasteiger partial charge in [-0.1, -0.05) is 48.5 Å². The molecule has 4 aromatic carbocycles. The molecule has 24 rings (SSSR count). The fraction of sp³-hybridized carbons (Fsp3) is 0.400. The Morgan fingerprint density at radius 3 is 0.693 bits per heavy atom. The molecule has 12 aromatic heterocycles. The summed E-state index contributed by atoms with van der Waals surface area (Å²) in [6.45, 7) is 6.96. The van der Waals surface area contributed by atoms with Crippen molar-refractivity contribution in [1.82, 2.24) is 80.7 Å². The van der Waals surface area contributed by atoms with Gasteiger partial charge in [0.25, 0.3) is 0 Å². The Kier molecular flexibility index (Phi) is 25.7. The Labute approximate surface area is 812 Å². The highest BCUT2D eigenvalue weighted by Gasteiger charge is 2.50. The fourth-order valence-corrected chi connectivity index (χ4v) is 26.7. The highest BCUT2D eigenvalue weighted by atomic mass is 32.1. The smallest absolute Gasteiger partial charge is 0.382 e. The maximum Gasteiger partial charge on any atom is 0.393 e. The summed E-state index contributed by atoms with van der Waals surface area (Å²) < 4.78 is 155. The van der Waals surface area contributed by atoms with Gasteiger partial charge in [-0.15, -0.1) is 45.3 Å². The van der Waals surface area contributed by atoms with Crippen LogP contribution in [0.15, 0.2) is 196 Å². The van der Waals surface area contributed by atoms with Crippen molar-refractivity contribution < 1.29 is 52.7 Å². The van der Waals surface area contributed by atoms with Gasteiger partial charge in [-0.05, 0) is 244 Å². The molecule has 16 heterocycles. The number of aromatic nitrogens is 16. The van der Waals surface area contributed by atoms with Gasteiger partial charge in [0, 0.05) is 144 Å². The summed E-state index contributed by atoms with van der Waals surface area (Å²) in [5.74, 6) is 3.06. The van der Waals surface area contributed by atoms with Crippen molar-refractivity contribution in [1.29, 1.82) is 0 Å². The van der Waals surface area contributed by atoms with E-state index in [9.17, 15) is 52.7 Å². The molecule has 0 bridgehead atoms. The van der Waals surface area contributed by atoms with Crippen molar-refractivity contribution in [2.45, 2.75) is 177 Å². The van der Waals surface area contributed by atoms with Crippen LogP contribution in [0.3, 0.4) is 0 Å². The van der Waals surface area contributed by atoms with Crippen LogP contribution in [0, 0.1) is 21.7 Å². The Morgan fingerprint density at radius 1 is 0.286 bits per heavy atom. The number of hydrogen-bond acceptors (Lipinski definition) is 24. The van der Waals surface area contributed by atoms with Crippen LogP contribution in [0.5, 0.6) is 0 Å². The van der Waals surface area contributed by atoms with Gasteiger partial charge in [-0.25, -0.2) is 39.9 Å². The van der Waals surface area contributed by atoms with Crippen molar-refractivity contribution in [3.05, 3.63) is 215 Å². The van der Waals surface area contributed by atoms with E-state index in [2.05, 4.69) is 219 Å². The number of fused-ring (bicyclic) bond motifs is 4. The summed E-state index contributed by atoms with van der Waals surface area (Å²) in [5, 5.41) is 45.7. The van der Waals surface area contributed by atoms with E-state index in [0.717, 1.165) is 313 Å². The van der Waals surface area contributed by atoms with Crippen molar-refractivity contribution in [3.8, 4) is 45.0 Å². The first kappa shape index (κ1) is 93.7. The lowest BCUT2D eigenvalue weighted by Crippen LogP contribution is -2.27. The molecule has 4 spiro atoms. The molecule has 8 N–H and O–H groups in total. The number of nitrogens with one attached hydrogen (secondary N) is 8. The van der Waals surface area contributed by atoms with Gasteiger partial charge in [-0.3, -0.25) is 20.4 Å². The van der Waals surface area contributed by atoms with E-state index in [4.69, 9.17) is 0 Å². The molecule has 8 aliphatic rings. The first-order chi connectivity index (χ1) is 67.4.